The maximum atomic E-state index is 10.7. The van der Waals surface area contributed by atoms with Gasteiger partial charge in [-0.25, -0.2) is 0 Å². The second kappa shape index (κ2) is 5.50. The Balaban J connectivity index is 2.11. The van der Waals surface area contributed by atoms with Gasteiger partial charge in [-0.1, -0.05) is 46.3 Å². The first-order valence-electron chi connectivity index (χ1n) is 6.13. The standard InChI is InChI=1S/C15H9BrClNO3/c16-12-6-5-11(9-3-1-2-4-10(9)12)15(17)13-7-8-14(21-13)18(19)20/h1-8,15H. The summed E-state index contributed by atoms with van der Waals surface area (Å²) in [6.45, 7) is 0. The van der Waals surface area contributed by atoms with Gasteiger partial charge in [-0.05, 0) is 28.5 Å². The van der Waals surface area contributed by atoms with Crippen LogP contribution in [0.2, 0.25) is 0 Å². The first kappa shape index (κ1) is 14.1. The van der Waals surface area contributed by atoms with Gasteiger partial charge in [0, 0.05) is 4.47 Å². The molecule has 6 heteroatoms. The third kappa shape index (κ3) is 2.54. The molecule has 0 aliphatic rings. The number of nitrogens with zero attached hydrogens (tertiary/aromatic N) is 1. The second-order valence-corrected chi connectivity index (χ2v) is 5.77. The Bertz CT molecular complexity index is 831. The molecule has 1 aromatic heterocycles. The van der Waals surface area contributed by atoms with E-state index in [2.05, 4.69) is 15.9 Å². The zero-order valence-electron chi connectivity index (χ0n) is 10.6. The van der Waals surface area contributed by atoms with Crippen LogP contribution in [0.4, 0.5) is 5.88 Å². The van der Waals surface area contributed by atoms with Crippen LogP contribution in [0, 0.1) is 10.1 Å². The molecule has 0 saturated carbocycles. The largest absolute Gasteiger partial charge is 0.433 e. The Morgan fingerprint density at radius 2 is 1.81 bits per heavy atom. The first-order valence-corrected chi connectivity index (χ1v) is 7.36. The summed E-state index contributed by atoms with van der Waals surface area (Å²) < 4.78 is 6.17. The highest BCUT2D eigenvalue weighted by Gasteiger charge is 2.21. The van der Waals surface area contributed by atoms with E-state index in [1.807, 2.05) is 36.4 Å². The summed E-state index contributed by atoms with van der Waals surface area (Å²) in [4.78, 5) is 10.1. The van der Waals surface area contributed by atoms with Crippen molar-refractivity contribution < 1.29 is 9.34 Å². The van der Waals surface area contributed by atoms with Crippen LogP contribution in [0.1, 0.15) is 16.7 Å². The molecule has 0 bridgehead atoms. The zero-order valence-corrected chi connectivity index (χ0v) is 13.0. The molecule has 0 spiro atoms. The van der Waals surface area contributed by atoms with E-state index in [4.69, 9.17) is 16.0 Å². The van der Waals surface area contributed by atoms with E-state index in [9.17, 15) is 10.1 Å². The van der Waals surface area contributed by atoms with Gasteiger partial charge in [-0.2, -0.15) is 0 Å². The van der Waals surface area contributed by atoms with Crippen molar-refractivity contribution in [2.45, 2.75) is 5.38 Å². The molecule has 106 valence electrons. The minimum atomic E-state index is -0.586. The Labute approximate surface area is 133 Å². The van der Waals surface area contributed by atoms with Gasteiger partial charge in [0.15, 0.2) is 0 Å². The van der Waals surface area contributed by atoms with Crippen molar-refractivity contribution >= 4 is 44.2 Å². The minimum Gasteiger partial charge on any atom is -0.404 e. The van der Waals surface area contributed by atoms with Crippen LogP contribution in [0.5, 0.6) is 0 Å². The van der Waals surface area contributed by atoms with Crippen molar-refractivity contribution in [1.29, 1.82) is 0 Å². The Morgan fingerprint density at radius 1 is 1.10 bits per heavy atom. The maximum absolute atomic E-state index is 10.7. The van der Waals surface area contributed by atoms with E-state index in [1.54, 1.807) is 0 Å². The summed E-state index contributed by atoms with van der Waals surface area (Å²) in [5.41, 5.74) is 0.847. The molecular formula is C15H9BrClNO3. The Hall–Kier alpha value is -1.85. The van der Waals surface area contributed by atoms with Crippen molar-refractivity contribution in [3.05, 3.63) is 74.4 Å². The van der Waals surface area contributed by atoms with Crippen LogP contribution in [0.15, 0.2) is 57.4 Å². The molecule has 0 saturated heterocycles. The van der Waals surface area contributed by atoms with Crippen molar-refractivity contribution in [2.24, 2.45) is 0 Å². The van der Waals surface area contributed by atoms with Crippen LogP contribution < -0.4 is 0 Å². The number of hydrogen-bond acceptors (Lipinski definition) is 3. The summed E-state index contributed by atoms with van der Waals surface area (Å²) in [6, 6.07) is 14.4. The summed E-state index contributed by atoms with van der Waals surface area (Å²) in [6.07, 6.45) is 0. The fourth-order valence-electron chi connectivity index (χ4n) is 2.24. The lowest BCUT2D eigenvalue weighted by atomic mass is 10.0. The first-order chi connectivity index (χ1) is 10.1. The molecule has 21 heavy (non-hydrogen) atoms. The van der Waals surface area contributed by atoms with Crippen molar-refractivity contribution in [1.82, 2.24) is 0 Å². The van der Waals surface area contributed by atoms with E-state index in [0.29, 0.717) is 5.76 Å². The van der Waals surface area contributed by atoms with Crippen LogP contribution in [-0.2, 0) is 0 Å². The number of hydrogen-bond donors (Lipinski definition) is 0. The van der Waals surface area contributed by atoms with Gasteiger partial charge in [-0.3, -0.25) is 10.1 Å². The zero-order chi connectivity index (χ0) is 15.0. The lowest BCUT2D eigenvalue weighted by Crippen LogP contribution is -1.93. The van der Waals surface area contributed by atoms with Gasteiger partial charge in [0.1, 0.15) is 16.1 Å². The molecular weight excluding hydrogens is 358 g/mol. The van der Waals surface area contributed by atoms with E-state index >= 15 is 0 Å². The predicted molar refractivity (Wildman–Crippen MR) is 84.7 cm³/mol. The molecule has 3 rings (SSSR count). The van der Waals surface area contributed by atoms with Crippen molar-refractivity contribution in [3.63, 3.8) is 0 Å². The fourth-order valence-corrected chi connectivity index (χ4v) is 3.02. The number of nitro groups is 1. The highest BCUT2D eigenvalue weighted by atomic mass is 79.9. The summed E-state index contributed by atoms with van der Waals surface area (Å²) in [7, 11) is 0. The van der Waals surface area contributed by atoms with Crippen molar-refractivity contribution in [3.8, 4) is 0 Å². The highest BCUT2D eigenvalue weighted by Crippen LogP contribution is 2.37. The molecule has 0 amide bonds. The number of rotatable bonds is 3. The average molecular weight is 367 g/mol. The molecule has 0 radical (unpaired) electrons. The highest BCUT2D eigenvalue weighted by molar-refractivity contribution is 9.10. The smallest absolute Gasteiger partial charge is 0.404 e. The number of furan rings is 1. The van der Waals surface area contributed by atoms with Gasteiger partial charge >= 0.3 is 5.88 Å². The minimum absolute atomic E-state index is 0.308. The van der Waals surface area contributed by atoms with Gasteiger partial charge in [0.05, 0.1) is 6.07 Å². The number of benzene rings is 2. The topological polar surface area (TPSA) is 56.3 Å². The van der Waals surface area contributed by atoms with E-state index in [1.165, 1.54) is 12.1 Å². The predicted octanol–water partition coefficient (Wildman–Crippen LogP) is 5.43. The number of fused-ring (bicyclic) bond motifs is 1. The molecule has 0 aliphatic carbocycles. The van der Waals surface area contributed by atoms with Gasteiger partial charge in [0.25, 0.3) is 0 Å². The van der Waals surface area contributed by atoms with E-state index in [0.717, 1.165) is 20.8 Å². The molecule has 2 aromatic carbocycles. The molecule has 4 nitrogen and oxygen atoms in total. The summed E-state index contributed by atoms with van der Waals surface area (Å²) >= 11 is 9.95. The van der Waals surface area contributed by atoms with Gasteiger partial charge in [0.2, 0.25) is 0 Å². The second-order valence-electron chi connectivity index (χ2n) is 4.48. The normalized spacial score (nSPS) is 12.5. The summed E-state index contributed by atoms with van der Waals surface area (Å²) in [5, 5.41) is 12.1. The number of halogens is 2. The molecule has 1 atom stereocenters. The summed E-state index contributed by atoms with van der Waals surface area (Å²) in [5.74, 6) is 0.0490. The Morgan fingerprint density at radius 3 is 2.48 bits per heavy atom. The number of alkyl halides is 1. The lowest BCUT2D eigenvalue weighted by molar-refractivity contribution is -0.402. The molecule has 1 unspecified atom stereocenters. The van der Waals surface area contributed by atoms with Gasteiger partial charge in [-0.15, -0.1) is 11.6 Å². The molecule has 0 N–H and O–H groups in total. The fraction of sp³-hybridized carbons (Fsp3) is 0.0667. The van der Waals surface area contributed by atoms with Crippen LogP contribution in [0.25, 0.3) is 10.8 Å². The monoisotopic (exact) mass is 365 g/mol. The van der Waals surface area contributed by atoms with Crippen LogP contribution >= 0.6 is 27.5 Å². The van der Waals surface area contributed by atoms with Crippen molar-refractivity contribution in [2.75, 3.05) is 0 Å². The molecule has 3 aromatic rings. The Kier molecular flexibility index (Phi) is 3.69. The lowest BCUT2D eigenvalue weighted by Gasteiger charge is -2.11. The quantitative estimate of drug-likeness (QED) is 0.353. The average Bonchev–Trinajstić information content (AvgIpc) is 2.97. The SMILES string of the molecule is O=[N+]([O-])c1ccc(C(Cl)c2ccc(Br)c3ccccc23)o1. The third-order valence-electron chi connectivity index (χ3n) is 3.22. The molecule has 0 fully saturated rings. The maximum Gasteiger partial charge on any atom is 0.433 e. The van der Waals surface area contributed by atoms with Crippen LogP contribution in [-0.4, -0.2) is 4.92 Å². The van der Waals surface area contributed by atoms with Crippen LogP contribution in [0.3, 0.4) is 0 Å². The molecule has 0 aliphatic heterocycles. The van der Waals surface area contributed by atoms with E-state index < -0.39 is 10.3 Å². The molecule has 1 heterocycles. The van der Waals surface area contributed by atoms with E-state index in [-0.39, 0.29) is 5.88 Å². The third-order valence-corrected chi connectivity index (χ3v) is 4.36. The van der Waals surface area contributed by atoms with Gasteiger partial charge < -0.3 is 4.42 Å².